The summed E-state index contributed by atoms with van der Waals surface area (Å²) in [6.45, 7) is 2.58. The Morgan fingerprint density at radius 2 is 2.17 bits per heavy atom. The fraction of sp³-hybridized carbons (Fsp3) is 0.250. The lowest BCUT2D eigenvalue weighted by Crippen LogP contribution is -2.24. The molecule has 0 saturated heterocycles. The number of halogens is 2. The van der Waals surface area contributed by atoms with Crippen LogP contribution in [0.3, 0.4) is 0 Å². The van der Waals surface area contributed by atoms with Crippen molar-refractivity contribution in [1.82, 2.24) is 9.13 Å². The van der Waals surface area contributed by atoms with Crippen molar-refractivity contribution >= 4 is 27.5 Å². The van der Waals surface area contributed by atoms with Gasteiger partial charge in [-0.3, -0.25) is 9.13 Å². The second kappa shape index (κ2) is 5.20. The lowest BCUT2D eigenvalue weighted by Gasteiger charge is -2.04. The Morgan fingerprint density at radius 1 is 1.44 bits per heavy atom. The van der Waals surface area contributed by atoms with E-state index < -0.39 is 0 Å². The Kier molecular flexibility index (Phi) is 3.82. The summed E-state index contributed by atoms with van der Waals surface area (Å²) in [5.74, 6) is -0.0317. The minimum Gasteiger partial charge on any atom is -0.493 e. The summed E-state index contributed by atoms with van der Waals surface area (Å²) in [5, 5.41) is 10.2. The molecule has 0 atom stereocenters. The number of benzene rings is 1. The molecular formula is C12H12BrClN2O2. The number of aromatic nitrogens is 2. The van der Waals surface area contributed by atoms with Crippen LogP contribution in [-0.2, 0) is 13.1 Å². The molecule has 0 spiro atoms. The first-order chi connectivity index (χ1) is 8.52. The first-order valence-corrected chi connectivity index (χ1v) is 6.63. The van der Waals surface area contributed by atoms with E-state index in [1.54, 1.807) is 13.0 Å². The standard InChI is InChI=1S/C12H12BrClN2O2/c1-2-16-11(17)7-15(12(16)18)6-8-3-4-9(13)5-10(8)14/h3-5,7,17H,2,6H2,1H3. The van der Waals surface area contributed by atoms with Crippen LogP contribution in [0.25, 0.3) is 0 Å². The van der Waals surface area contributed by atoms with Crippen molar-refractivity contribution in [3.05, 3.63) is 49.9 Å². The van der Waals surface area contributed by atoms with Gasteiger partial charge in [0, 0.05) is 16.0 Å². The number of aromatic hydroxyl groups is 1. The predicted octanol–water partition coefficient (Wildman–Crippen LogP) is 2.84. The Bertz CT molecular complexity index is 633. The van der Waals surface area contributed by atoms with Crippen LogP contribution in [0.5, 0.6) is 5.88 Å². The van der Waals surface area contributed by atoms with Crippen LogP contribution in [0.15, 0.2) is 33.7 Å². The lowest BCUT2D eigenvalue weighted by atomic mass is 10.2. The molecule has 0 unspecified atom stereocenters. The van der Waals surface area contributed by atoms with Crippen LogP contribution in [-0.4, -0.2) is 14.2 Å². The van der Waals surface area contributed by atoms with Crippen LogP contribution in [0, 0.1) is 0 Å². The lowest BCUT2D eigenvalue weighted by molar-refractivity contribution is 0.418. The predicted molar refractivity (Wildman–Crippen MR) is 74.3 cm³/mol. The second-order valence-electron chi connectivity index (χ2n) is 3.88. The highest BCUT2D eigenvalue weighted by atomic mass is 79.9. The van der Waals surface area contributed by atoms with Crippen molar-refractivity contribution < 1.29 is 5.11 Å². The van der Waals surface area contributed by atoms with E-state index in [1.807, 2.05) is 12.1 Å². The summed E-state index contributed by atoms with van der Waals surface area (Å²) in [4.78, 5) is 11.9. The van der Waals surface area contributed by atoms with E-state index in [1.165, 1.54) is 15.3 Å². The molecule has 0 bridgehead atoms. The molecule has 1 aromatic heterocycles. The molecule has 0 aliphatic carbocycles. The Morgan fingerprint density at radius 3 is 2.72 bits per heavy atom. The Labute approximate surface area is 118 Å². The van der Waals surface area contributed by atoms with E-state index in [0.717, 1.165) is 10.0 Å². The van der Waals surface area contributed by atoms with Crippen LogP contribution in [0.1, 0.15) is 12.5 Å². The summed E-state index contributed by atoms with van der Waals surface area (Å²) in [6.07, 6.45) is 1.42. The first-order valence-electron chi connectivity index (χ1n) is 5.45. The summed E-state index contributed by atoms with van der Waals surface area (Å²) in [6, 6.07) is 5.49. The van der Waals surface area contributed by atoms with Gasteiger partial charge in [0.15, 0.2) is 0 Å². The highest BCUT2D eigenvalue weighted by molar-refractivity contribution is 9.10. The van der Waals surface area contributed by atoms with Gasteiger partial charge in [0.2, 0.25) is 5.88 Å². The Balaban J connectivity index is 2.37. The van der Waals surface area contributed by atoms with E-state index >= 15 is 0 Å². The molecule has 1 aromatic carbocycles. The van der Waals surface area contributed by atoms with Gasteiger partial charge in [0.1, 0.15) is 0 Å². The zero-order valence-corrected chi connectivity index (χ0v) is 12.1. The van der Waals surface area contributed by atoms with E-state index in [0.29, 0.717) is 18.1 Å². The summed E-state index contributed by atoms with van der Waals surface area (Å²) < 4.78 is 3.62. The van der Waals surface area contributed by atoms with Gasteiger partial charge in [-0.25, -0.2) is 4.79 Å². The monoisotopic (exact) mass is 330 g/mol. The number of hydrogen-bond acceptors (Lipinski definition) is 2. The average Bonchev–Trinajstić information content (AvgIpc) is 2.58. The Hall–Kier alpha value is -1.20. The van der Waals surface area contributed by atoms with Gasteiger partial charge >= 0.3 is 5.69 Å². The largest absolute Gasteiger partial charge is 0.493 e. The summed E-state index contributed by atoms with van der Waals surface area (Å²) in [7, 11) is 0. The highest BCUT2D eigenvalue weighted by Gasteiger charge is 2.10. The zero-order chi connectivity index (χ0) is 13.3. The van der Waals surface area contributed by atoms with Crippen molar-refractivity contribution in [2.45, 2.75) is 20.0 Å². The topological polar surface area (TPSA) is 47.2 Å². The van der Waals surface area contributed by atoms with Gasteiger partial charge in [-0.05, 0) is 24.6 Å². The number of nitrogens with zero attached hydrogens (tertiary/aromatic N) is 2. The van der Waals surface area contributed by atoms with Crippen molar-refractivity contribution in [3.8, 4) is 5.88 Å². The third kappa shape index (κ3) is 2.47. The molecule has 18 heavy (non-hydrogen) atoms. The van der Waals surface area contributed by atoms with E-state index in [9.17, 15) is 9.90 Å². The van der Waals surface area contributed by atoms with E-state index in [-0.39, 0.29) is 11.6 Å². The van der Waals surface area contributed by atoms with Gasteiger partial charge in [-0.2, -0.15) is 0 Å². The van der Waals surface area contributed by atoms with Crippen molar-refractivity contribution in [2.75, 3.05) is 0 Å². The minimum atomic E-state index is -0.242. The molecule has 1 heterocycles. The molecule has 0 aliphatic heterocycles. The highest BCUT2D eigenvalue weighted by Crippen LogP contribution is 2.22. The third-order valence-corrected chi connectivity index (χ3v) is 3.54. The fourth-order valence-corrected chi connectivity index (χ4v) is 2.49. The van der Waals surface area contributed by atoms with Crippen LogP contribution in [0.2, 0.25) is 5.02 Å². The summed E-state index contributed by atoms with van der Waals surface area (Å²) in [5.41, 5.74) is 0.587. The molecule has 2 rings (SSSR count). The molecule has 0 amide bonds. The normalized spacial score (nSPS) is 10.8. The average molecular weight is 332 g/mol. The molecule has 0 radical (unpaired) electrons. The molecule has 96 valence electrons. The van der Waals surface area contributed by atoms with Crippen molar-refractivity contribution in [1.29, 1.82) is 0 Å². The SMILES string of the molecule is CCn1c(O)cn(Cc2ccc(Br)cc2Cl)c1=O. The van der Waals surface area contributed by atoms with Gasteiger partial charge < -0.3 is 5.11 Å². The van der Waals surface area contributed by atoms with Gasteiger partial charge in [-0.15, -0.1) is 0 Å². The molecule has 0 aliphatic rings. The van der Waals surface area contributed by atoms with Gasteiger partial charge in [0.25, 0.3) is 0 Å². The summed E-state index contributed by atoms with van der Waals surface area (Å²) >= 11 is 9.42. The molecule has 0 fully saturated rings. The maximum absolute atomic E-state index is 11.9. The van der Waals surface area contributed by atoms with E-state index in [2.05, 4.69) is 15.9 Å². The number of rotatable bonds is 3. The van der Waals surface area contributed by atoms with Gasteiger partial charge in [0.05, 0.1) is 12.7 Å². The van der Waals surface area contributed by atoms with Gasteiger partial charge in [-0.1, -0.05) is 33.6 Å². The molecular weight excluding hydrogens is 320 g/mol. The maximum atomic E-state index is 11.9. The quantitative estimate of drug-likeness (QED) is 0.940. The maximum Gasteiger partial charge on any atom is 0.331 e. The van der Waals surface area contributed by atoms with Crippen molar-refractivity contribution in [2.24, 2.45) is 0 Å². The second-order valence-corrected chi connectivity index (χ2v) is 5.20. The van der Waals surface area contributed by atoms with Crippen LogP contribution in [0.4, 0.5) is 0 Å². The molecule has 4 nitrogen and oxygen atoms in total. The molecule has 2 aromatic rings. The smallest absolute Gasteiger partial charge is 0.331 e. The molecule has 1 N–H and O–H groups in total. The number of imidazole rings is 1. The van der Waals surface area contributed by atoms with Crippen LogP contribution < -0.4 is 5.69 Å². The third-order valence-electron chi connectivity index (χ3n) is 2.70. The van der Waals surface area contributed by atoms with Crippen molar-refractivity contribution in [3.63, 3.8) is 0 Å². The minimum absolute atomic E-state index is 0.0317. The zero-order valence-electron chi connectivity index (χ0n) is 9.73. The fourth-order valence-electron chi connectivity index (χ4n) is 1.76. The first kappa shape index (κ1) is 13.2. The molecule has 0 saturated carbocycles. The van der Waals surface area contributed by atoms with E-state index in [4.69, 9.17) is 11.6 Å². The number of hydrogen-bond donors (Lipinski definition) is 1. The van der Waals surface area contributed by atoms with Crippen LogP contribution >= 0.6 is 27.5 Å². The molecule has 6 heteroatoms.